The van der Waals surface area contributed by atoms with Crippen molar-refractivity contribution >= 4 is 27.9 Å². The first-order valence-electron chi connectivity index (χ1n) is 4.63. The first-order valence-corrected chi connectivity index (χ1v) is 5.43. The molecule has 0 rings (SSSR count). The number of ether oxygens (including phenoxy) is 2. The number of rotatable bonds is 6. The molecule has 0 aliphatic rings. The molecule has 0 amide bonds. The highest BCUT2D eigenvalue weighted by atomic mass is 79.9. The molecule has 0 heterocycles. The Morgan fingerprint density at radius 2 is 1.80 bits per heavy atom. The Bertz CT molecular complexity index is 248. The highest BCUT2D eigenvalue weighted by molar-refractivity contribution is 9.11. The SMILES string of the molecule is CC(=O)OCC=C(Br)CCCOC(C)=O. The number of halogens is 1. The van der Waals surface area contributed by atoms with Gasteiger partial charge in [0.25, 0.3) is 0 Å². The summed E-state index contributed by atoms with van der Waals surface area (Å²) in [7, 11) is 0. The van der Waals surface area contributed by atoms with Crippen LogP contribution in [0.2, 0.25) is 0 Å². The minimum absolute atomic E-state index is 0.267. The van der Waals surface area contributed by atoms with E-state index in [0.29, 0.717) is 6.61 Å². The average Bonchev–Trinajstić information content (AvgIpc) is 2.11. The van der Waals surface area contributed by atoms with E-state index in [1.165, 1.54) is 13.8 Å². The second kappa shape index (κ2) is 8.47. The standard InChI is InChI=1S/C10H15BrO4/c1-8(12)14-6-3-4-10(11)5-7-15-9(2)13/h5H,3-4,6-7H2,1-2H3. The van der Waals surface area contributed by atoms with Crippen molar-refractivity contribution in [3.8, 4) is 0 Å². The minimum Gasteiger partial charge on any atom is -0.466 e. The highest BCUT2D eigenvalue weighted by Crippen LogP contribution is 2.12. The lowest BCUT2D eigenvalue weighted by molar-refractivity contribution is -0.141. The molecule has 0 aromatic rings. The van der Waals surface area contributed by atoms with Crippen LogP contribution in [0.1, 0.15) is 26.7 Å². The van der Waals surface area contributed by atoms with Crippen molar-refractivity contribution in [2.24, 2.45) is 0 Å². The van der Waals surface area contributed by atoms with Crippen LogP contribution in [0.25, 0.3) is 0 Å². The van der Waals surface area contributed by atoms with Crippen molar-refractivity contribution in [3.63, 3.8) is 0 Å². The molecule has 0 atom stereocenters. The zero-order valence-electron chi connectivity index (χ0n) is 8.92. The van der Waals surface area contributed by atoms with Crippen LogP contribution in [0.5, 0.6) is 0 Å². The van der Waals surface area contributed by atoms with Gasteiger partial charge in [0.05, 0.1) is 6.61 Å². The summed E-state index contributed by atoms with van der Waals surface area (Å²) in [6.07, 6.45) is 3.28. The fraction of sp³-hybridized carbons (Fsp3) is 0.600. The molecule has 0 spiro atoms. The summed E-state index contributed by atoms with van der Waals surface area (Å²) in [4.78, 5) is 20.9. The van der Waals surface area contributed by atoms with E-state index in [1.807, 2.05) is 0 Å². The Hall–Kier alpha value is -0.840. The molecule has 86 valence electrons. The molecule has 0 unspecified atom stereocenters. The molecule has 0 bridgehead atoms. The number of carbonyl (C=O) groups excluding carboxylic acids is 2. The van der Waals surface area contributed by atoms with E-state index in [2.05, 4.69) is 15.9 Å². The summed E-state index contributed by atoms with van der Waals surface area (Å²) < 4.78 is 10.4. The van der Waals surface area contributed by atoms with E-state index in [4.69, 9.17) is 9.47 Å². The van der Waals surface area contributed by atoms with Gasteiger partial charge in [0, 0.05) is 13.8 Å². The molecule has 0 N–H and O–H groups in total. The molecular formula is C10H15BrO4. The van der Waals surface area contributed by atoms with E-state index in [-0.39, 0.29) is 18.5 Å². The lowest BCUT2D eigenvalue weighted by atomic mass is 10.3. The lowest BCUT2D eigenvalue weighted by Crippen LogP contribution is -2.00. The van der Waals surface area contributed by atoms with E-state index in [0.717, 1.165) is 17.3 Å². The molecule has 0 fully saturated rings. The summed E-state index contributed by atoms with van der Waals surface area (Å²) in [5, 5.41) is 0. The predicted molar refractivity (Wildman–Crippen MR) is 59.5 cm³/mol. The average molecular weight is 279 g/mol. The molecular weight excluding hydrogens is 264 g/mol. The van der Waals surface area contributed by atoms with Crippen LogP contribution in [-0.4, -0.2) is 25.2 Å². The summed E-state index contributed by atoms with van der Waals surface area (Å²) in [5.41, 5.74) is 0. The number of hydrogen-bond donors (Lipinski definition) is 0. The van der Waals surface area contributed by atoms with Gasteiger partial charge in [0.15, 0.2) is 0 Å². The molecule has 0 aliphatic carbocycles. The maximum absolute atomic E-state index is 10.4. The third-order valence-electron chi connectivity index (χ3n) is 1.46. The Morgan fingerprint density at radius 1 is 1.20 bits per heavy atom. The van der Waals surface area contributed by atoms with Crippen molar-refractivity contribution in [2.75, 3.05) is 13.2 Å². The first kappa shape index (κ1) is 14.2. The maximum atomic E-state index is 10.4. The van der Waals surface area contributed by atoms with Gasteiger partial charge in [0.2, 0.25) is 0 Å². The fourth-order valence-electron chi connectivity index (χ4n) is 0.808. The number of hydrogen-bond acceptors (Lipinski definition) is 4. The monoisotopic (exact) mass is 278 g/mol. The summed E-state index contributed by atoms with van der Waals surface area (Å²) in [5.74, 6) is -0.568. The van der Waals surface area contributed by atoms with Crippen molar-refractivity contribution in [1.29, 1.82) is 0 Å². The third-order valence-corrected chi connectivity index (χ3v) is 2.18. The normalized spacial score (nSPS) is 11.0. The third kappa shape index (κ3) is 11.1. The maximum Gasteiger partial charge on any atom is 0.302 e. The first-order chi connectivity index (χ1) is 7.02. The van der Waals surface area contributed by atoms with Gasteiger partial charge in [-0.2, -0.15) is 0 Å². The van der Waals surface area contributed by atoms with Crippen LogP contribution in [0.15, 0.2) is 10.6 Å². The molecule has 0 radical (unpaired) electrons. The van der Waals surface area contributed by atoms with Crippen LogP contribution < -0.4 is 0 Å². The van der Waals surface area contributed by atoms with Gasteiger partial charge < -0.3 is 9.47 Å². The van der Waals surface area contributed by atoms with Crippen molar-refractivity contribution in [3.05, 3.63) is 10.6 Å². The Morgan fingerprint density at radius 3 is 2.33 bits per heavy atom. The topological polar surface area (TPSA) is 52.6 Å². The van der Waals surface area contributed by atoms with E-state index < -0.39 is 0 Å². The fourth-order valence-corrected chi connectivity index (χ4v) is 1.22. The predicted octanol–water partition coefficient (Wildman–Crippen LogP) is 2.17. The number of allylic oxidation sites excluding steroid dienone is 1. The van der Waals surface area contributed by atoms with Crippen molar-refractivity contribution in [1.82, 2.24) is 0 Å². The van der Waals surface area contributed by atoms with Crippen LogP contribution in [-0.2, 0) is 19.1 Å². The molecule has 0 saturated carbocycles. The highest BCUT2D eigenvalue weighted by Gasteiger charge is 1.96. The zero-order chi connectivity index (χ0) is 11.7. The van der Waals surface area contributed by atoms with Gasteiger partial charge >= 0.3 is 11.9 Å². The van der Waals surface area contributed by atoms with E-state index >= 15 is 0 Å². The zero-order valence-corrected chi connectivity index (χ0v) is 10.5. The van der Waals surface area contributed by atoms with Crippen molar-refractivity contribution in [2.45, 2.75) is 26.7 Å². The van der Waals surface area contributed by atoms with Gasteiger partial charge in [-0.3, -0.25) is 9.59 Å². The van der Waals surface area contributed by atoms with E-state index in [1.54, 1.807) is 6.08 Å². The molecule has 0 aromatic heterocycles. The van der Waals surface area contributed by atoms with Crippen LogP contribution in [0, 0.1) is 0 Å². The lowest BCUT2D eigenvalue weighted by Gasteiger charge is -2.01. The second-order valence-corrected chi connectivity index (χ2v) is 3.92. The molecule has 0 aromatic carbocycles. The van der Waals surface area contributed by atoms with Gasteiger partial charge in [-0.15, -0.1) is 0 Å². The minimum atomic E-state index is -0.300. The Kier molecular flexibility index (Phi) is 7.99. The Labute approximate surface area is 97.8 Å². The Balaban J connectivity index is 3.50. The molecule has 0 aliphatic heterocycles. The molecule has 0 saturated heterocycles. The molecule has 15 heavy (non-hydrogen) atoms. The van der Waals surface area contributed by atoms with Gasteiger partial charge in [-0.25, -0.2) is 0 Å². The smallest absolute Gasteiger partial charge is 0.302 e. The van der Waals surface area contributed by atoms with Gasteiger partial charge in [0.1, 0.15) is 6.61 Å². The summed E-state index contributed by atoms with van der Waals surface area (Å²) in [6.45, 7) is 3.42. The van der Waals surface area contributed by atoms with Crippen LogP contribution in [0.4, 0.5) is 0 Å². The van der Waals surface area contributed by atoms with Crippen molar-refractivity contribution < 1.29 is 19.1 Å². The number of esters is 2. The van der Waals surface area contributed by atoms with E-state index in [9.17, 15) is 9.59 Å². The van der Waals surface area contributed by atoms with Gasteiger partial charge in [-0.05, 0) is 23.4 Å². The van der Waals surface area contributed by atoms with Crippen LogP contribution >= 0.6 is 15.9 Å². The molecule has 4 nitrogen and oxygen atoms in total. The summed E-state index contributed by atoms with van der Waals surface area (Å²) in [6, 6.07) is 0. The van der Waals surface area contributed by atoms with Crippen LogP contribution in [0.3, 0.4) is 0 Å². The quantitative estimate of drug-likeness (QED) is 0.552. The van der Waals surface area contributed by atoms with Gasteiger partial charge in [-0.1, -0.05) is 15.9 Å². The largest absolute Gasteiger partial charge is 0.466 e. The number of carbonyl (C=O) groups is 2. The summed E-state index contributed by atoms with van der Waals surface area (Å²) >= 11 is 3.32. The second-order valence-electron chi connectivity index (χ2n) is 2.90. The molecule has 5 heteroatoms.